The van der Waals surface area contributed by atoms with Crippen LogP contribution in [-0.4, -0.2) is 22.4 Å². The summed E-state index contributed by atoms with van der Waals surface area (Å²) in [6.07, 6.45) is 12.5. The molecule has 0 bridgehead atoms. The van der Waals surface area contributed by atoms with Gasteiger partial charge in [0.2, 0.25) is 0 Å². The number of fused-ring (bicyclic) bond motifs is 1. The standard InChI is InChI=1S/C25H40O2/c1-16(2)13-17(3)21-10-11-22-20(7-6-12-25(21,22)5)9-8-19-14-23(26)18(4)24(27)15-19/h8-9,16-17,21-24,26-27H,4,6-7,10-15H2,1-3,5H3/t17?,21?,22?,23-,24-,25-/m1/s1. The quantitative estimate of drug-likeness (QED) is 0.611. The maximum absolute atomic E-state index is 10.1. The van der Waals surface area contributed by atoms with Gasteiger partial charge in [0, 0.05) is 0 Å². The molecule has 3 unspecified atom stereocenters. The van der Waals surface area contributed by atoms with Crippen molar-refractivity contribution in [2.24, 2.45) is 29.1 Å². The van der Waals surface area contributed by atoms with Crippen LogP contribution in [0.1, 0.15) is 79.1 Å². The first-order valence-electron chi connectivity index (χ1n) is 11.2. The Bertz CT molecular complexity index is 598. The molecule has 3 saturated carbocycles. The highest BCUT2D eigenvalue weighted by Crippen LogP contribution is 2.60. The molecule has 3 aliphatic carbocycles. The third-order valence-electron chi connectivity index (χ3n) is 7.87. The van der Waals surface area contributed by atoms with Gasteiger partial charge in [-0.05, 0) is 86.0 Å². The molecule has 3 fully saturated rings. The predicted octanol–water partition coefficient (Wildman–Crippen LogP) is 5.81. The molecule has 0 aromatic heterocycles. The molecule has 0 saturated heterocycles. The van der Waals surface area contributed by atoms with Crippen LogP contribution in [0.4, 0.5) is 0 Å². The van der Waals surface area contributed by atoms with Gasteiger partial charge in [-0.25, -0.2) is 0 Å². The predicted molar refractivity (Wildman–Crippen MR) is 113 cm³/mol. The van der Waals surface area contributed by atoms with Gasteiger partial charge in [-0.15, -0.1) is 0 Å². The second-order valence-electron chi connectivity index (χ2n) is 10.3. The van der Waals surface area contributed by atoms with Crippen molar-refractivity contribution in [3.05, 3.63) is 35.5 Å². The number of aliphatic hydroxyl groups is 2. The Hall–Kier alpha value is -0.860. The third-order valence-corrected chi connectivity index (χ3v) is 7.87. The summed E-state index contributed by atoms with van der Waals surface area (Å²) in [5.74, 6) is 3.16. The number of hydrogen-bond donors (Lipinski definition) is 2. The van der Waals surface area contributed by atoms with Gasteiger partial charge in [0.05, 0.1) is 12.2 Å². The van der Waals surface area contributed by atoms with Gasteiger partial charge in [0.15, 0.2) is 0 Å². The average molecular weight is 373 g/mol. The van der Waals surface area contributed by atoms with Crippen LogP contribution >= 0.6 is 0 Å². The molecule has 0 spiro atoms. The van der Waals surface area contributed by atoms with Crippen LogP contribution in [-0.2, 0) is 0 Å². The van der Waals surface area contributed by atoms with Gasteiger partial charge in [-0.1, -0.05) is 57.6 Å². The zero-order valence-electron chi connectivity index (χ0n) is 17.9. The van der Waals surface area contributed by atoms with E-state index in [1.807, 2.05) is 0 Å². The monoisotopic (exact) mass is 372 g/mol. The Morgan fingerprint density at radius 2 is 1.78 bits per heavy atom. The van der Waals surface area contributed by atoms with Crippen molar-refractivity contribution in [1.29, 1.82) is 0 Å². The Balaban J connectivity index is 1.76. The molecule has 0 aromatic carbocycles. The summed E-state index contributed by atoms with van der Waals surface area (Å²) in [6, 6.07) is 0. The largest absolute Gasteiger partial charge is 0.388 e. The smallest absolute Gasteiger partial charge is 0.0809 e. The van der Waals surface area contributed by atoms with Gasteiger partial charge in [0.1, 0.15) is 0 Å². The summed E-state index contributed by atoms with van der Waals surface area (Å²) in [7, 11) is 0. The van der Waals surface area contributed by atoms with Crippen LogP contribution in [0.25, 0.3) is 0 Å². The summed E-state index contributed by atoms with van der Waals surface area (Å²) >= 11 is 0. The molecule has 2 heteroatoms. The first-order chi connectivity index (χ1) is 12.7. The highest BCUT2D eigenvalue weighted by molar-refractivity contribution is 5.29. The maximum Gasteiger partial charge on any atom is 0.0809 e. The topological polar surface area (TPSA) is 40.5 Å². The van der Waals surface area contributed by atoms with E-state index in [9.17, 15) is 10.2 Å². The molecule has 0 amide bonds. The van der Waals surface area contributed by atoms with Crippen LogP contribution in [0.2, 0.25) is 0 Å². The zero-order chi connectivity index (χ0) is 19.8. The molecule has 0 aliphatic heterocycles. The van der Waals surface area contributed by atoms with Crippen LogP contribution in [0.15, 0.2) is 35.5 Å². The molecule has 0 radical (unpaired) electrons. The number of aliphatic hydroxyl groups excluding tert-OH is 2. The van der Waals surface area contributed by atoms with Crippen molar-refractivity contribution >= 4 is 0 Å². The van der Waals surface area contributed by atoms with E-state index in [4.69, 9.17) is 0 Å². The van der Waals surface area contributed by atoms with Gasteiger partial charge >= 0.3 is 0 Å². The number of hydrogen-bond acceptors (Lipinski definition) is 2. The molecular weight excluding hydrogens is 332 g/mol. The summed E-state index contributed by atoms with van der Waals surface area (Å²) in [6.45, 7) is 13.6. The molecule has 3 aliphatic rings. The molecule has 0 aromatic rings. The summed E-state index contributed by atoms with van der Waals surface area (Å²) < 4.78 is 0. The minimum absolute atomic E-state index is 0.455. The van der Waals surface area contributed by atoms with Crippen molar-refractivity contribution in [2.45, 2.75) is 91.3 Å². The first kappa shape index (κ1) is 20.9. The molecule has 3 rings (SSSR count). The van der Waals surface area contributed by atoms with Gasteiger partial charge in [0.25, 0.3) is 0 Å². The Morgan fingerprint density at radius 1 is 1.11 bits per heavy atom. The van der Waals surface area contributed by atoms with Crippen molar-refractivity contribution < 1.29 is 10.2 Å². The summed E-state index contributed by atoms with van der Waals surface area (Å²) in [5.41, 5.74) is 3.80. The summed E-state index contributed by atoms with van der Waals surface area (Å²) in [4.78, 5) is 0. The van der Waals surface area contributed by atoms with Crippen molar-refractivity contribution in [1.82, 2.24) is 0 Å². The fraction of sp³-hybridized carbons (Fsp3) is 0.760. The van der Waals surface area contributed by atoms with Crippen molar-refractivity contribution in [2.75, 3.05) is 0 Å². The second-order valence-corrected chi connectivity index (χ2v) is 10.3. The number of allylic oxidation sites excluding steroid dienone is 3. The van der Waals surface area contributed by atoms with Gasteiger partial charge < -0.3 is 10.2 Å². The lowest BCUT2D eigenvalue weighted by molar-refractivity contribution is 0.0893. The minimum atomic E-state index is -0.595. The van der Waals surface area contributed by atoms with E-state index in [1.165, 1.54) is 38.5 Å². The van der Waals surface area contributed by atoms with Gasteiger partial charge in [-0.2, -0.15) is 0 Å². The van der Waals surface area contributed by atoms with E-state index >= 15 is 0 Å². The van der Waals surface area contributed by atoms with E-state index in [-0.39, 0.29) is 0 Å². The highest BCUT2D eigenvalue weighted by Gasteiger charge is 2.50. The molecule has 2 nitrogen and oxygen atoms in total. The lowest BCUT2D eigenvalue weighted by Crippen LogP contribution is -2.36. The molecular formula is C25H40O2. The molecule has 27 heavy (non-hydrogen) atoms. The van der Waals surface area contributed by atoms with Crippen LogP contribution < -0.4 is 0 Å². The zero-order valence-corrected chi connectivity index (χ0v) is 17.9. The maximum atomic E-state index is 10.1. The normalized spacial score (nSPS) is 39.7. The van der Waals surface area contributed by atoms with E-state index in [2.05, 4.69) is 46.4 Å². The highest BCUT2D eigenvalue weighted by atomic mass is 16.3. The molecule has 152 valence electrons. The van der Waals surface area contributed by atoms with E-state index in [0.717, 1.165) is 29.2 Å². The van der Waals surface area contributed by atoms with Crippen molar-refractivity contribution in [3.63, 3.8) is 0 Å². The van der Waals surface area contributed by atoms with E-state index < -0.39 is 12.2 Å². The molecule has 0 heterocycles. The first-order valence-corrected chi connectivity index (χ1v) is 11.2. The van der Waals surface area contributed by atoms with Crippen LogP contribution in [0.5, 0.6) is 0 Å². The second kappa shape index (κ2) is 8.25. The van der Waals surface area contributed by atoms with Crippen LogP contribution in [0.3, 0.4) is 0 Å². The van der Waals surface area contributed by atoms with Crippen LogP contribution in [0, 0.1) is 29.1 Å². The lowest BCUT2D eigenvalue weighted by atomic mass is 9.60. The lowest BCUT2D eigenvalue weighted by Gasteiger charge is -2.44. The Morgan fingerprint density at radius 3 is 2.41 bits per heavy atom. The average Bonchev–Trinajstić information content (AvgIpc) is 2.94. The fourth-order valence-corrected chi connectivity index (χ4v) is 6.55. The van der Waals surface area contributed by atoms with E-state index in [1.54, 1.807) is 5.57 Å². The van der Waals surface area contributed by atoms with Crippen molar-refractivity contribution in [3.8, 4) is 0 Å². The Labute approximate surface area is 166 Å². The minimum Gasteiger partial charge on any atom is -0.388 e. The number of rotatable bonds is 4. The van der Waals surface area contributed by atoms with Gasteiger partial charge in [-0.3, -0.25) is 0 Å². The molecule has 6 atom stereocenters. The molecule has 2 N–H and O–H groups in total. The third kappa shape index (κ3) is 4.27. The fourth-order valence-electron chi connectivity index (χ4n) is 6.55. The summed E-state index contributed by atoms with van der Waals surface area (Å²) in [5, 5.41) is 20.2. The van der Waals surface area contributed by atoms with E-state index in [0.29, 0.717) is 23.8 Å². The Kier molecular flexibility index (Phi) is 6.37. The SMILES string of the molecule is C=C1[C@H](O)CC(=CC=C2CCC[C@@]3(C)C2CCC3C(C)CC(C)C)C[C@H]1O.